The van der Waals surface area contributed by atoms with Gasteiger partial charge in [-0.25, -0.2) is 13.8 Å². The zero-order chi connectivity index (χ0) is 25.8. The fourth-order valence-corrected chi connectivity index (χ4v) is 4.81. The summed E-state index contributed by atoms with van der Waals surface area (Å²) in [7, 11) is -4.40. The Morgan fingerprint density at radius 3 is 2.37 bits per heavy atom. The number of hydrogen-bond acceptors (Lipinski definition) is 4. The first kappa shape index (κ1) is 26.5. The van der Waals surface area contributed by atoms with Crippen molar-refractivity contribution < 1.29 is 26.4 Å². The van der Waals surface area contributed by atoms with Crippen LogP contribution in [0.4, 0.5) is 18.9 Å². The second kappa shape index (κ2) is 10.7. The fourth-order valence-electron chi connectivity index (χ4n) is 2.94. The molecule has 0 unspecified atom stereocenters. The summed E-state index contributed by atoms with van der Waals surface area (Å²) in [4.78, 5) is 12.4. The van der Waals surface area contributed by atoms with Gasteiger partial charge in [0.1, 0.15) is 6.54 Å². The number of alkyl halides is 3. The third-order valence-electron chi connectivity index (χ3n) is 4.71. The normalized spacial score (nSPS) is 12.1. The van der Waals surface area contributed by atoms with Gasteiger partial charge in [0.2, 0.25) is 0 Å². The van der Waals surface area contributed by atoms with E-state index in [1.807, 2.05) is 0 Å². The van der Waals surface area contributed by atoms with Gasteiger partial charge in [-0.05, 0) is 49.4 Å². The highest BCUT2D eigenvalue weighted by molar-refractivity contribution is 7.92. The molecule has 35 heavy (non-hydrogen) atoms. The zero-order valence-electron chi connectivity index (χ0n) is 18.1. The van der Waals surface area contributed by atoms with Crippen molar-refractivity contribution in [1.29, 1.82) is 0 Å². The van der Waals surface area contributed by atoms with Crippen LogP contribution in [0.5, 0.6) is 0 Å². The van der Waals surface area contributed by atoms with E-state index in [1.165, 1.54) is 42.6 Å². The molecule has 184 valence electrons. The smallest absolute Gasteiger partial charge is 0.271 e. The predicted molar refractivity (Wildman–Crippen MR) is 129 cm³/mol. The SMILES string of the molecule is Cc1ccc(S(=O)(=O)N(CC(=O)N/N=C\c2ccc(Cl)cc2Cl)c2cccc(C(F)(F)F)c2)cc1. The quantitative estimate of drug-likeness (QED) is 0.308. The van der Waals surface area contributed by atoms with Gasteiger partial charge in [-0.15, -0.1) is 0 Å². The molecule has 0 radical (unpaired) electrons. The maximum absolute atomic E-state index is 13.3. The van der Waals surface area contributed by atoms with Crippen molar-refractivity contribution in [2.75, 3.05) is 10.8 Å². The molecule has 0 spiro atoms. The minimum absolute atomic E-state index is 0.190. The molecule has 3 aromatic rings. The van der Waals surface area contributed by atoms with E-state index < -0.39 is 34.2 Å². The number of rotatable bonds is 7. The Hall–Kier alpha value is -3.08. The zero-order valence-corrected chi connectivity index (χ0v) is 20.4. The molecule has 1 amide bonds. The minimum Gasteiger partial charge on any atom is -0.271 e. The third-order valence-corrected chi connectivity index (χ3v) is 7.06. The Morgan fingerprint density at radius 1 is 1.06 bits per heavy atom. The Morgan fingerprint density at radius 2 is 1.74 bits per heavy atom. The summed E-state index contributed by atoms with van der Waals surface area (Å²) in [6.07, 6.45) is -3.49. The molecule has 0 saturated heterocycles. The van der Waals surface area contributed by atoms with Gasteiger partial charge in [-0.3, -0.25) is 9.10 Å². The second-order valence-electron chi connectivity index (χ2n) is 7.33. The fraction of sp³-hybridized carbons (Fsp3) is 0.130. The van der Waals surface area contributed by atoms with E-state index in [0.717, 1.165) is 17.7 Å². The number of halogens is 5. The molecule has 0 aliphatic carbocycles. The summed E-state index contributed by atoms with van der Waals surface area (Å²) in [5.41, 5.74) is 1.98. The van der Waals surface area contributed by atoms with Crippen LogP contribution in [0.3, 0.4) is 0 Å². The van der Waals surface area contributed by atoms with Crippen LogP contribution in [-0.2, 0) is 21.0 Å². The maximum atomic E-state index is 13.3. The Balaban J connectivity index is 1.92. The number of carbonyl (C=O) groups excluding carboxylic acids is 1. The Bertz CT molecular complexity index is 1360. The number of hydrogen-bond donors (Lipinski definition) is 1. The van der Waals surface area contributed by atoms with Crippen molar-refractivity contribution in [3.05, 3.63) is 93.5 Å². The number of carbonyl (C=O) groups is 1. The molecule has 0 aliphatic rings. The first-order valence-corrected chi connectivity index (χ1v) is 12.1. The van der Waals surface area contributed by atoms with Crippen molar-refractivity contribution >= 4 is 51.0 Å². The van der Waals surface area contributed by atoms with E-state index in [1.54, 1.807) is 19.1 Å². The molecule has 0 saturated carbocycles. The molecule has 0 aromatic heterocycles. The average molecular weight is 544 g/mol. The molecule has 0 heterocycles. The highest BCUT2D eigenvalue weighted by Crippen LogP contribution is 2.33. The van der Waals surface area contributed by atoms with Crippen LogP contribution in [0.15, 0.2) is 76.7 Å². The summed E-state index contributed by atoms with van der Waals surface area (Å²) < 4.78 is 67.0. The topological polar surface area (TPSA) is 78.8 Å². The molecule has 0 atom stereocenters. The molecule has 0 fully saturated rings. The molecular formula is C23H18Cl2F3N3O3S. The second-order valence-corrected chi connectivity index (χ2v) is 10.0. The van der Waals surface area contributed by atoms with Crippen LogP contribution >= 0.6 is 23.2 Å². The first-order valence-electron chi connectivity index (χ1n) is 9.91. The minimum atomic E-state index is -4.71. The van der Waals surface area contributed by atoms with Crippen LogP contribution in [0.2, 0.25) is 10.0 Å². The van der Waals surface area contributed by atoms with Crippen molar-refractivity contribution in [2.45, 2.75) is 18.0 Å². The lowest BCUT2D eigenvalue weighted by Gasteiger charge is -2.24. The van der Waals surface area contributed by atoms with Crippen LogP contribution < -0.4 is 9.73 Å². The van der Waals surface area contributed by atoms with Crippen molar-refractivity contribution in [3.63, 3.8) is 0 Å². The van der Waals surface area contributed by atoms with Gasteiger partial charge in [0.15, 0.2) is 0 Å². The lowest BCUT2D eigenvalue weighted by atomic mass is 10.2. The third kappa shape index (κ3) is 6.74. The van der Waals surface area contributed by atoms with Gasteiger partial charge in [0.05, 0.1) is 27.4 Å². The number of nitrogens with one attached hydrogen (secondary N) is 1. The molecule has 12 heteroatoms. The molecule has 3 rings (SSSR count). The predicted octanol–water partition coefficient (Wildman–Crippen LogP) is 5.67. The summed E-state index contributed by atoms with van der Waals surface area (Å²) in [5.74, 6) is -0.889. The van der Waals surface area contributed by atoms with E-state index in [0.29, 0.717) is 21.0 Å². The standard InChI is InChI=1S/C23H18Cl2F3N3O3S/c1-15-5-9-20(10-6-15)35(33,34)31(19-4-2-3-17(11-19)23(26,27)28)14-22(32)30-29-13-16-7-8-18(24)12-21(16)25/h2-13H,14H2,1H3,(H,30,32)/b29-13-. The van der Waals surface area contributed by atoms with Gasteiger partial charge < -0.3 is 0 Å². The van der Waals surface area contributed by atoms with E-state index in [-0.39, 0.29) is 15.6 Å². The summed E-state index contributed by atoms with van der Waals surface area (Å²) in [5, 5.41) is 4.41. The molecule has 1 N–H and O–H groups in total. The number of hydrazone groups is 1. The largest absolute Gasteiger partial charge is 0.416 e. The summed E-state index contributed by atoms with van der Waals surface area (Å²) in [6.45, 7) is 0.919. The van der Waals surface area contributed by atoms with Crippen molar-refractivity contribution in [3.8, 4) is 0 Å². The van der Waals surface area contributed by atoms with Crippen LogP contribution in [0.25, 0.3) is 0 Å². The average Bonchev–Trinajstić information content (AvgIpc) is 2.78. The highest BCUT2D eigenvalue weighted by atomic mass is 35.5. The highest BCUT2D eigenvalue weighted by Gasteiger charge is 2.33. The van der Waals surface area contributed by atoms with Crippen LogP contribution in [0, 0.1) is 6.92 Å². The molecule has 0 aliphatic heterocycles. The maximum Gasteiger partial charge on any atom is 0.416 e. The van der Waals surface area contributed by atoms with Gasteiger partial charge >= 0.3 is 6.18 Å². The number of anilines is 1. The van der Waals surface area contributed by atoms with Gasteiger partial charge in [0.25, 0.3) is 15.9 Å². The van der Waals surface area contributed by atoms with Gasteiger partial charge in [0, 0.05) is 10.6 Å². The van der Waals surface area contributed by atoms with Gasteiger partial charge in [-0.1, -0.05) is 53.0 Å². The Labute approximate surface area is 210 Å². The number of benzene rings is 3. The molecule has 3 aromatic carbocycles. The number of nitrogens with zero attached hydrogens (tertiary/aromatic N) is 2. The number of sulfonamides is 1. The summed E-state index contributed by atoms with van der Waals surface area (Å²) >= 11 is 11.9. The van der Waals surface area contributed by atoms with E-state index in [9.17, 15) is 26.4 Å². The number of amides is 1. The van der Waals surface area contributed by atoms with Crippen molar-refractivity contribution in [1.82, 2.24) is 5.43 Å². The lowest BCUT2D eigenvalue weighted by molar-refractivity contribution is -0.137. The summed E-state index contributed by atoms with van der Waals surface area (Å²) in [6, 6.07) is 14.0. The van der Waals surface area contributed by atoms with Crippen molar-refractivity contribution in [2.24, 2.45) is 5.10 Å². The monoisotopic (exact) mass is 543 g/mol. The van der Waals surface area contributed by atoms with Gasteiger partial charge in [-0.2, -0.15) is 18.3 Å². The first-order chi connectivity index (χ1) is 16.4. The van der Waals surface area contributed by atoms with E-state index >= 15 is 0 Å². The van der Waals surface area contributed by atoms with Crippen LogP contribution in [-0.4, -0.2) is 27.1 Å². The molecular weight excluding hydrogens is 526 g/mol. The van der Waals surface area contributed by atoms with E-state index in [4.69, 9.17) is 23.2 Å². The molecule has 0 bridgehead atoms. The van der Waals surface area contributed by atoms with E-state index in [2.05, 4.69) is 10.5 Å². The number of aryl methyl sites for hydroxylation is 1. The molecule has 6 nitrogen and oxygen atoms in total. The van der Waals surface area contributed by atoms with Crippen LogP contribution in [0.1, 0.15) is 16.7 Å². The lowest BCUT2D eigenvalue weighted by Crippen LogP contribution is -2.39. The Kier molecular flexibility index (Phi) is 8.09.